The van der Waals surface area contributed by atoms with Crippen LogP contribution in [0.3, 0.4) is 0 Å². The van der Waals surface area contributed by atoms with Gasteiger partial charge in [0.15, 0.2) is 0 Å². The summed E-state index contributed by atoms with van der Waals surface area (Å²) in [6, 6.07) is 17.4. The largest absolute Gasteiger partial charge is 0.508 e. The average Bonchev–Trinajstić information content (AvgIpc) is 2.88. The summed E-state index contributed by atoms with van der Waals surface area (Å²) < 4.78 is 0. The fourth-order valence-corrected chi connectivity index (χ4v) is 2.57. The van der Waals surface area contributed by atoms with Crippen LogP contribution in [0.1, 0.15) is 19.3 Å². The van der Waals surface area contributed by atoms with Crippen LogP contribution in [0.25, 0.3) is 0 Å². The Kier molecular flexibility index (Phi) is 16.6. The Hall–Kier alpha value is -3.64. The predicted molar refractivity (Wildman–Crippen MR) is 143 cm³/mol. The van der Waals surface area contributed by atoms with Gasteiger partial charge < -0.3 is 25.5 Å². The maximum absolute atomic E-state index is 8.77. The Morgan fingerprint density at radius 1 is 0.486 bits per heavy atom. The molecular weight excluding hydrogens is 440 g/mol. The molecule has 3 aliphatic carbocycles. The molecule has 0 saturated heterocycles. The Bertz CT molecular complexity index is 866. The molecule has 3 aliphatic rings. The Morgan fingerprint density at radius 2 is 0.886 bits per heavy atom. The summed E-state index contributed by atoms with van der Waals surface area (Å²) in [5.74, 6) is 0.644. The van der Waals surface area contributed by atoms with Crippen molar-refractivity contribution >= 4 is 0 Å². The predicted octanol–water partition coefficient (Wildman–Crippen LogP) is 5.37. The molecule has 35 heavy (non-hydrogen) atoms. The molecule has 0 saturated carbocycles. The fourth-order valence-electron chi connectivity index (χ4n) is 2.57. The zero-order valence-corrected chi connectivity index (χ0v) is 19.8. The third kappa shape index (κ3) is 18.5. The van der Waals surface area contributed by atoms with E-state index in [1.165, 1.54) is 0 Å². The number of para-hydroxylation sites is 2. The van der Waals surface area contributed by atoms with E-state index in [-0.39, 0.29) is 18.3 Å². The van der Waals surface area contributed by atoms with Crippen molar-refractivity contribution in [3.63, 3.8) is 0 Å². The van der Waals surface area contributed by atoms with Crippen molar-refractivity contribution in [2.45, 2.75) is 37.6 Å². The Labute approximate surface area is 208 Å². The van der Waals surface area contributed by atoms with E-state index in [4.69, 9.17) is 25.5 Å². The highest BCUT2D eigenvalue weighted by Crippen LogP contribution is 2.04. The van der Waals surface area contributed by atoms with Gasteiger partial charge in [0.2, 0.25) is 0 Å². The van der Waals surface area contributed by atoms with Crippen LogP contribution in [0.15, 0.2) is 134 Å². The lowest BCUT2D eigenvalue weighted by atomic mass is 10.1. The Morgan fingerprint density at radius 3 is 1.06 bits per heavy atom. The van der Waals surface area contributed by atoms with Crippen LogP contribution in [0, 0.1) is 0 Å². The van der Waals surface area contributed by atoms with E-state index in [2.05, 4.69) is 0 Å². The van der Waals surface area contributed by atoms with Crippen molar-refractivity contribution in [2.24, 2.45) is 0 Å². The highest BCUT2D eigenvalue weighted by Gasteiger charge is 1.95. The number of aliphatic hydroxyl groups is 3. The third-order valence-corrected chi connectivity index (χ3v) is 4.37. The second kappa shape index (κ2) is 19.8. The molecule has 0 fully saturated rings. The Balaban J connectivity index is 0.000000219. The lowest BCUT2D eigenvalue weighted by Gasteiger charge is -2.01. The van der Waals surface area contributed by atoms with Crippen molar-refractivity contribution in [2.75, 3.05) is 0 Å². The third-order valence-electron chi connectivity index (χ3n) is 4.37. The van der Waals surface area contributed by atoms with E-state index >= 15 is 0 Å². The van der Waals surface area contributed by atoms with Crippen LogP contribution in [-0.4, -0.2) is 43.8 Å². The van der Waals surface area contributed by atoms with Crippen LogP contribution in [0.4, 0.5) is 0 Å². The minimum absolute atomic E-state index is 0.231. The molecule has 2 atom stereocenters. The van der Waals surface area contributed by atoms with Crippen LogP contribution in [-0.2, 0) is 0 Å². The number of aliphatic hydroxyl groups excluding tert-OH is 3. The zero-order chi connectivity index (χ0) is 25.6. The SMILES string of the molecule is OC1C=CC=CC1.OC1C=CC=CC1.OC1C=CCC=C1.Oc1ccccc1.Oc1ccccc1. The van der Waals surface area contributed by atoms with Gasteiger partial charge >= 0.3 is 0 Å². The molecule has 0 radical (unpaired) electrons. The molecule has 0 amide bonds. The lowest BCUT2D eigenvalue weighted by molar-refractivity contribution is 0.225. The van der Waals surface area contributed by atoms with Gasteiger partial charge in [0.1, 0.15) is 11.5 Å². The highest BCUT2D eigenvalue weighted by atomic mass is 16.3. The van der Waals surface area contributed by atoms with Gasteiger partial charge in [0, 0.05) is 0 Å². The van der Waals surface area contributed by atoms with Gasteiger partial charge in [-0.2, -0.15) is 0 Å². The maximum Gasteiger partial charge on any atom is 0.115 e. The van der Waals surface area contributed by atoms with E-state index < -0.39 is 0 Å². The molecule has 186 valence electrons. The van der Waals surface area contributed by atoms with E-state index in [1.807, 2.05) is 60.7 Å². The number of hydrogen-bond acceptors (Lipinski definition) is 5. The molecule has 5 rings (SSSR count). The average molecular weight is 477 g/mol. The van der Waals surface area contributed by atoms with E-state index in [0.29, 0.717) is 11.5 Å². The first-order valence-corrected chi connectivity index (χ1v) is 11.5. The molecule has 0 spiro atoms. The first-order chi connectivity index (χ1) is 17.0. The molecule has 0 aliphatic heterocycles. The van der Waals surface area contributed by atoms with Crippen LogP contribution in [0.5, 0.6) is 11.5 Å². The summed E-state index contributed by atoms with van der Waals surface area (Å²) in [4.78, 5) is 0. The van der Waals surface area contributed by atoms with Gasteiger partial charge in [0.05, 0.1) is 18.3 Å². The van der Waals surface area contributed by atoms with Gasteiger partial charge in [0.25, 0.3) is 0 Å². The standard InChI is InChI=1S/3C6H8O.2C6H6O/c5*7-6-4-2-1-3-5-6/h2-7H,1H2;2*1-4,6-7H,5H2;2*1-5,7H. The number of rotatable bonds is 0. The monoisotopic (exact) mass is 476 g/mol. The topological polar surface area (TPSA) is 101 Å². The van der Waals surface area contributed by atoms with Gasteiger partial charge in [-0.25, -0.2) is 0 Å². The summed E-state index contributed by atoms with van der Waals surface area (Å²) in [6.45, 7) is 0. The summed E-state index contributed by atoms with van der Waals surface area (Å²) in [5, 5.41) is 43.5. The highest BCUT2D eigenvalue weighted by molar-refractivity contribution is 5.19. The molecule has 2 aromatic carbocycles. The number of aromatic hydroxyl groups is 2. The van der Waals surface area contributed by atoms with Crippen molar-refractivity contribution < 1.29 is 25.5 Å². The van der Waals surface area contributed by atoms with E-state index in [9.17, 15) is 0 Å². The number of benzene rings is 2. The first-order valence-electron chi connectivity index (χ1n) is 11.5. The molecule has 0 heterocycles. The second-order valence-electron chi connectivity index (χ2n) is 7.49. The fraction of sp³-hybridized carbons (Fsp3) is 0.200. The van der Waals surface area contributed by atoms with E-state index in [1.54, 1.807) is 72.8 Å². The van der Waals surface area contributed by atoms with Crippen molar-refractivity contribution in [1.82, 2.24) is 0 Å². The van der Waals surface area contributed by atoms with Crippen LogP contribution < -0.4 is 0 Å². The maximum atomic E-state index is 8.77. The minimum atomic E-state index is -0.325. The van der Waals surface area contributed by atoms with E-state index in [0.717, 1.165) is 19.3 Å². The van der Waals surface area contributed by atoms with Crippen molar-refractivity contribution in [3.05, 3.63) is 134 Å². The normalized spacial score (nSPS) is 18.9. The number of allylic oxidation sites excluding steroid dienone is 6. The van der Waals surface area contributed by atoms with Crippen LogP contribution in [0.2, 0.25) is 0 Å². The van der Waals surface area contributed by atoms with Crippen molar-refractivity contribution in [1.29, 1.82) is 0 Å². The quantitative estimate of drug-likeness (QED) is 0.329. The minimum Gasteiger partial charge on any atom is -0.508 e. The number of phenols is 2. The van der Waals surface area contributed by atoms with Gasteiger partial charge in [-0.05, 0) is 43.5 Å². The summed E-state index contributed by atoms with van der Waals surface area (Å²) in [5.41, 5.74) is 0. The number of hydrogen-bond donors (Lipinski definition) is 5. The van der Waals surface area contributed by atoms with Crippen molar-refractivity contribution in [3.8, 4) is 11.5 Å². The molecule has 0 bridgehead atoms. The van der Waals surface area contributed by atoms with Gasteiger partial charge in [-0.1, -0.05) is 109 Å². The smallest absolute Gasteiger partial charge is 0.115 e. The molecular formula is C30H36O5. The molecule has 5 nitrogen and oxygen atoms in total. The molecule has 2 unspecified atom stereocenters. The number of phenolic OH excluding ortho intramolecular Hbond substituents is 2. The molecule has 2 aromatic rings. The molecule has 5 heteroatoms. The second-order valence-corrected chi connectivity index (χ2v) is 7.49. The van der Waals surface area contributed by atoms with Gasteiger partial charge in [-0.15, -0.1) is 0 Å². The van der Waals surface area contributed by atoms with Gasteiger partial charge in [-0.3, -0.25) is 0 Å². The summed E-state index contributed by atoms with van der Waals surface area (Å²) in [6.07, 6.45) is 24.2. The summed E-state index contributed by atoms with van der Waals surface area (Å²) in [7, 11) is 0. The zero-order valence-electron chi connectivity index (χ0n) is 19.8. The lowest BCUT2D eigenvalue weighted by Crippen LogP contribution is -2.00. The molecule has 0 aromatic heterocycles. The molecule has 5 N–H and O–H groups in total. The first kappa shape index (κ1) is 29.4. The summed E-state index contributed by atoms with van der Waals surface area (Å²) >= 11 is 0. The van der Waals surface area contributed by atoms with Crippen LogP contribution >= 0.6 is 0 Å².